The fourth-order valence-electron chi connectivity index (χ4n) is 4.09. The van der Waals surface area contributed by atoms with E-state index in [2.05, 4.69) is 21.4 Å². The number of amides is 2. The molecular weight excluding hydrogens is 448 g/mol. The zero-order chi connectivity index (χ0) is 23.7. The van der Waals surface area contributed by atoms with Crippen LogP contribution in [0.5, 0.6) is 0 Å². The van der Waals surface area contributed by atoms with E-state index in [1.54, 1.807) is 6.92 Å². The molecule has 0 aliphatic carbocycles. The number of rotatable bonds is 6. The third-order valence-electron chi connectivity index (χ3n) is 5.83. The molecule has 2 aromatic heterocycles. The van der Waals surface area contributed by atoms with E-state index in [0.29, 0.717) is 42.5 Å². The van der Waals surface area contributed by atoms with Gasteiger partial charge in [0.05, 0.1) is 17.9 Å². The molecule has 172 valence electrons. The summed E-state index contributed by atoms with van der Waals surface area (Å²) in [6.45, 7) is 4.24. The van der Waals surface area contributed by atoms with E-state index in [1.807, 2.05) is 59.7 Å². The number of hydrogen-bond donors (Lipinski definition) is 1. The van der Waals surface area contributed by atoms with Crippen LogP contribution in [0, 0.1) is 6.92 Å². The van der Waals surface area contributed by atoms with Gasteiger partial charge < -0.3 is 9.32 Å². The van der Waals surface area contributed by atoms with Gasteiger partial charge in [-0.05, 0) is 36.6 Å². The lowest BCUT2D eigenvalue weighted by Crippen LogP contribution is -2.34. The molecule has 1 aliphatic rings. The van der Waals surface area contributed by atoms with Gasteiger partial charge in [-0.25, -0.2) is 9.97 Å². The molecule has 1 aliphatic heterocycles. The quantitative estimate of drug-likeness (QED) is 0.406. The van der Waals surface area contributed by atoms with Crippen molar-refractivity contribution in [2.24, 2.45) is 0 Å². The number of anilines is 2. The summed E-state index contributed by atoms with van der Waals surface area (Å²) >= 11 is 1.36. The Morgan fingerprint density at radius 1 is 1.15 bits per heavy atom. The average Bonchev–Trinajstić information content (AvgIpc) is 3.47. The third kappa shape index (κ3) is 4.36. The Bertz CT molecular complexity index is 1360. The van der Waals surface area contributed by atoms with Crippen molar-refractivity contribution in [1.29, 1.82) is 0 Å². The molecule has 7 nitrogen and oxygen atoms in total. The number of fused-ring (bicyclic) bond motifs is 1. The third-order valence-corrected chi connectivity index (χ3v) is 6.59. The fourth-order valence-corrected chi connectivity index (χ4v) is 4.81. The molecule has 0 saturated heterocycles. The number of thiazole rings is 1. The summed E-state index contributed by atoms with van der Waals surface area (Å²) in [5.41, 5.74) is 5.46. The molecule has 0 atom stereocenters. The summed E-state index contributed by atoms with van der Waals surface area (Å²) in [7, 11) is 0. The lowest BCUT2D eigenvalue weighted by molar-refractivity contribution is -0.119. The predicted octanol–water partition coefficient (Wildman–Crippen LogP) is 5.40. The predicted molar refractivity (Wildman–Crippen MR) is 132 cm³/mol. The number of nitrogens with zero attached hydrogens (tertiary/aromatic N) is 3. The lowest BCUT2D eigenvalue weighted by Gasteiger charge is -2.30. The standard InChI is InChI=1S/C26H24N4O3S/c1-3-22-27-16(2)24(33-22)25(32)29-26-28-20(15-34-26)18-9-11-21-19(13-18)10-12-23(31)30(21)14-17-7-5-4-6-8-17/h4-9,11,13,15H,3,10,12,14H2,1-2H3,(H,28,29,32). The van der Waals surface area contributed by atoms with Gasteiger partial charge in [-0.3, -0.25) is 14.9 Å². The maximum Gasteiger partial charge on any atom is 0.295 e. The zero-order valence-electron chi connectivity index (χ0n) is 19.0. The largest absolute Gasteiger partial charge is 0.435 e. The maximum atomic E-state index is 12.6. The Kier molecular flexibility index (Phi) is 5.98. The first-order chi connectivity index (χ1) is 16.5. The van der Waals surface area contributed by atoms with Crippen molar-refractivity contribution < 1.29 is 14.0 Å². The molecule has 1 N–H and O–H groups in total. The molecule has 0 unspecified atom stereocenters. The van der Waals surface area contributed by atoms with Crippen LogP contribution in [0.15, 0.2) is 58.3 Å². The molecule has 5 rings (SSSR count). The van der Waals surface area contributed by atoms with Gasteiger partial charge in [0.2, 0.25) is 11.7 Å². The van der Waals surface area contributed by atoms with Gasteiger partial charge in [0.25, 0.3) is 5.91 Å². The second-order valence-electron chi connectivity index (χ2n) is 8.18. The highest BCUT2D eigenvalue weighted by Crippen LogP contribution is 2.34. The summed E-state index contributed by atoms with van der Waals surface area (Å²) < 4.78 is 5.53. The highest BCUT2D eigenvalue weighted by Gasteiger charge is 2.25. The number of carbonyl (C=O) groups excluding carboxylic acids is 2. The highest BCUT2D eigenvalue weighted by atomic mass is 32.1. The van der Waals surface area contributed by atoms with Crippen LogP contribution in [0.4, 0.5) is 10.8 Å². The minimum absolute atomic E-state index is 0.136. The van der Waals surface area contributed by atoms with Gasteiger partial charge in [-0.1, -0.05) is 43.3 Å². The SMILES string of the molecule is CCc1nc(C)c(C(=O)Nc2nc(-c3ccc4c(c3)CCC(=O)N4Cc3ccccc3)cs2)o1. The molecule has 0 spiro atoms. The Labute approximate surface area is 201 Å². The second-order valence-corrected chi connectivity index (χ2v) is 9.03. The Hall–Kier alpha value is -3.78. The lowest BCUT2D eigenvalue weighted by atomic mass is 9.97. The van der Waals surface area contributed by atoms with Gasteiger partial charge in [0.15, 0.2) is 11.0 Å². The Morgan fingerprint density at radius 2 is 1.97 bits per heavy atom. The molecule has 8 heteroatoms. The monoisotopic (exact) mass is 472 g/mol. The number of carbonyl (C=O) groups is 2. The van der Waals surface area contributed by atoms with Crippen molar-refractivity contribution in [3.05, 3.63) is 82.4 Å². The van der Waals surface area contributed by atoms with Crippen LogP contribution in [-0.4, -0.2) is 21.8 Å². The van der Waals surface area contributed by atoms with Gasteiger partial charge in [0, 0.05) is 29.5 Å². The molecule has 2 aromatic carbocycles. The van der Waals surface area contributed by atoms with Gasteiger partial charge in [0.1, 0.15) is 0 Å². The molecule has 4 aromatic rings. The van der Waals surface area contributed by atoms with Crippen LogP contribution in [0.25, 0.3) is 11.3 Å². The normalized spacial score (nSPS) is 13.1. The van der Waals surface area contributed by atoms with Crippen LogP contribution in [0.2, 0.25) is 0 Å². The van der Waals surface area contributed by atoms with Crippen molar-refractivity contribution in [2.75, 3.05) is 10.2 Å². The molecule has 0 saturated carbocycles. The summed E-state index contributed by atoms with van der Waals surface area (Å²) in [6, 6.07) is 16.1. The van der Waals surface area contributed by atoms with Gasteiger partial charge >= 0.3 is 0 Å². The number of benzene rings is 2. The van der Waals surface area contributed by atoms with Crippen molar-refractivity contribution in [1.82, 2.24) is 9.97 Å². The summed E-state index contributed by atoms with van der Waals surface area (Å²) in [4.78, 5) is 36.0. The van der Waals surface area contributed by atoms with Crippen LogP contribution in [-0.2, 0) is 24.2 Å². The van der Waals surface area contributed by atoms with Crippen LogP contribution >= 0.6 is 11.3 Å². The number of hydrogen-bond acceptors (Lipinski definition) is 6. The second kappa shape index (κ2) is 9.23. The number of nitrogens with one attached hydrogen (secondary N) is 1. The van der Waals surface area contributed by atoms with Crippen molar-refractivity contribution in [3.8, 4) is 11.3 Å². The molecule has 3 heterocycles. The van der Waals surface area contributed by atoms with E-state index >= 15 is 0 Å². The van der Waals surface area contributed by atoms with Crippen LogP contribution < -0.4 is 10.2 Å². The fraction of sp³-hybridized carbons (Fsp3) is 0.231. The van der Waals surface area contributed by atoms with E-state index in [1.165, 1.54) is 11.3 Å². The highest BCUT2D eigenvalue weighted by molar-refractivity contribution is 7.14. The first-order valence-electron chi connectivity index (χ1n) is 11.2. The molecule has 0 radical (unpaired) electrons. The summed E-state index contributed by atoms with van der Waals surface area (Å²) in [5, 5.41) is 5.22. The maximum absolute atomic E-state index is 12.6. The Morgan fingerprint density at radius 3 is 2.74 bits per heavy atom. The number of oxazole rings is 1. The first-order valence-corrected chi connectivity index (χ1v) is 12.1. The van der Waals surface area contributed by atoms with E-state index in [9.17, 15) is 9.59 Å². The van der Waals surface area contributed by atoms with E-state index in [0.717, 1.165) is 28.1 Å². The molecular formula is C26H24N4O3S. The zero-order valence-corrected chi connectivity index (χ0v) is 19.8. The molecule has 0 bridgehead atoms. The molecule has 0 fully saturated rings. The Balaban J connectivity index is 1.35. The van der Waals surface area contributed by atoms with Crippen molar-refractivity contribution in [3.63, 3.8) is 0 Å². The first kappa shape index (κ1) is 22.0. The van der Waals surface area contributed by atoms with Crippen LogP contribution in [0.1, 0.15) is 46.6 Å². The smallest absolute Gasteiger partial charge is 0.295 e. The summed E-state index contributed by atoms with van der Waals surface area (Å²) in [5.74, 6) is 0.532. The van der Waals surface area contributed by atoms with Crippen molar-refractivity contribution in [2.45, 2.75) is 39.7 Å². The van der Waals surface area contributed by atoms with E-state index in [4.69, 9.17) is 4.42 Å². The van der Waals surface area contributed by atoms with Crippen LogP contribution in [0.3, 0.4) is 0 Å². The minimum atomic E-state index is -0.355. The number of aryl methyl sites for hydroxylation is 3. The van der Waals surface area contributed by atoms with Gasteiger partial charge in [-0.15, -0.1) is 11.3 Å². The van der Waals surface area contributed by atoms with E-state index in [-0.39, 0.29) is 17.6 Å². The molecule has 2 amide bonds. The van der Waals surface area contributed by atoms with E-state index < -0.39 is 0 Å². The molecule has 34 heavy (non-hydrogen) atoms. The average molecular weight is 473 g/mol. The number of aromatic nitrogens is 2. The summed E-state index contributed by atoms with van der Waals surface area (Å²) in [6.07, 6.45) is 1.81. The van der Waals surface area contributed by atoms with Crippen molar-refractivity contribution >= 4 is 34.0 Å². The topological polar surface area (TPSA) is 88.3 Å². The minimum Gasteiger partial charge on any atom is -0.435 e. The van der Waals surface area contributed by atoms with Gasteiger partial charge in [-0.2, -0.15) is 0 Å².